The molecule has 0 amide bonds. The standard InChI is InChI=1S/C23H31N7O/c1-14-15(2)26-21-20(25-14)19(16-6-7-23(3,4)10-16)27-22(28-21)30-8-9-31-18(13-30)17-11-24-29(5)12-17/h11-12,16,18H,6-10,13H2,1-5H3/t16-,18+/m0/s1. The van der Waals surface area contributed by atoms with Crippen molar-refractivity contribution >= 4 is 17.1 Å². The number of morpholine rings is 1. The predicted octanol–water partition coefficient (Wildman–Crippen LogP) is 3.64. The van der Waals surface area contributed by atoms with E-state index in [1.165, 1.54) is 6.42 Å². The van der Waals surface area contributed by atoms with Gasteiger partial charge in [-0.2, -0.15) is 10.1 Å². The normalized spacial score (nSPS) is 23.6. The molecule has 0 spiro atoms. The van der Waals surface area contributed by atoms with Gasteiger partial charge in [0, 0.05) is 31.3 Å². The number of nitrogens with zero attached hydrogens (tertiary/aromatic N) is 7. The molecular formula is C23H31N7O. The van der Waals surface area contributed by atoms with Crippen molar-refractivity contribution in [2.75, 3.05) is 24.6 Å². The lowest BCUT2D eigenvalue weighted by molar-refractivity contribution is 0.0392. The maximum atomic E-state index is 6.03. The predicted molar refractivity (Wildman–Crippen MR) is 119 cm³/mol. The Hall–Kier alpha value is -2.61. The van der Waals surface area contributed by atoms with Gasteiger partial charge in [-0.25, -0.2) is 15.0 Å². The summed E-state index contributed by atoms with van der Waals surface area (Å²) in [4.78, 5) is 21.9. The molecule has 0 aromatic carbocycles. The van der Waals surface area contributed by atoms with Gasteiger partial charge in [0.2, 0.25) is 5.95 Å². The van der Waals surface area contributed by atoms with Crippen LogP contribution in [0.4, 0.5) is 5.95 Å². The van der Waals surface area contributed by atoms with E-state index < -0.39 is 0 Å². The summed E-state index contributed by atoms with van der Waals surface area (Å²) in [5, 5.41) is 4.30. The Bertz CT molecular complexity index is 1120. The van der Waals surface area contributed by atoms with Crippen molar-refractivity contribution in [2.24, 2.45) is 12.5 Å². The lowest BCUT2D eigenvalue weighted by atomic mass is 9.89. The van der Waals surface area contributed by atoms with E-state index in [9.17, 15) is 0 Å². The summed E-state index contributed by atoms with van der Waals surface area (Å²) < 4.78 is 7.84. The third-order valence-corrected chi connectivity index (χ3v) is 6.76. The second kappa shape index (κ2) is 7.51. The number of ether oxygens (including phenoxy) is 1. The highest BCUT2D eigenvalue weighted by Gasteiger charge is 2.35. The highest BCUT2D eigenvalue weighted by molar-refractivity contribution is 5.75. The molecular weight excluding hydrogens is 390 g/mol. The van der Waals surface area contributed by atoms with Crippen LogP contribution >= 0.6 is 0 Å². The van der Waals surface area contributed by atoms with Crippen molar-refractivity contribution in [3.8, 4) is 0 Å². The molecule has 4 heterocycles. The fourth-order valence-electron chi connectivity index (χ4n) is 4.86. The van der Waals surface area contributed by atoms with E-state index in [-0.39, 0.29) is 6.10 Å². The van der Waals surface area contributed by atoms with Crippen LogP contribution < -0.4 is 4.90 Å². The molecule has 2 aliphatic rings. The lowest BCUT2D eigenvalue weighted by Gasteiger charge is -2.33. The largest absolute Gasteiger partial charge is 0.370 e. The molecule has 2 fully saturated rings. The van der Waals surface area contributed by atoms with E-state index in [1.54, 1.807) is 0 Å². The van der Waals surface area contributed by atoms with Crippen LogP contribution in [0, 0.1) is 19.3 Å². The summed E-state index contributed by atoms with van der Waals surface area (Å²) >= 11 is 0. The summed E-state index contributed by atoms with van der Waals surface area (Å²) in [5.41, 5.74) is 5.92. The number of aryl methyl sites for hydroxylation is 3. The Labute approximate surface area is 183 Å². The molecule has 3 aromatic heterocycles. The summed E-state index contributed by atoms with van der Waals surface area (Å²) in [6.07, 6.45) is 7.31. The zero-order chi connectivity index (χ0) is 21.8. The van der Waals surface area contributed by atoms with Gasteiger partial charge in [-0.1, -0.05) is 13.8 Å². The molecule has 0 N–H and O–H groups in total. The molecule has 1 saturated heterocycles. The maximum Gasteiger partial charge on any atom is 0.227 e. The van der Waals surface area contributed by atoms with Gasteiger partial charge in [0.25, 0.3) is 0 Å². The van der Waals surface area contributed by atoms with Crippen LogP contribution in [-0.4, -0.2) is 49.4 Å². The molecule has 31 heavy (non-hydrogen) atoms. The zero-order valence-electron chi connectivity index (χ0n) is 19.1. The van der Waals surface area contributed by atoms with Gasteiger partial charge in [-0.3, -0.25) is 4.68 Å². The molecule has 164 valence electrons. The van der Waals surface area contributed by atoms with Gasteiger partial charge in [0.1, 0.15) is 11.6 Å². The van der Waals surface area contributed by atoms with Crippen LogP contribution in [0.3, 0.4) is 0 Å². The molecule has 1 aliphatic heterocycles. The topological polar surface area (TPSA) is 81.9 Å². The monoisotopic (exact) mass is 421 g/mol. The first-order valence-corrected chi connectivity index (χ1v) is 11.2. The molecule has 0 radical (unpaired) electrons. The summed E-state index contributed by atoms with van der Waals surface area (Å²) in [7, 11) is 1.93. The smallest absolute Gasteiger partial charge is 0.227 e. The van der Waals surface area contributed by atoms with Crippen LogP contribution in [0.5, 0.6) is 0 Å². The van der Waals surface area contributed by atoms with Crippen molar-refractivity contribution in [1.29, 1.82) is 0 Å². The first-order valence-electron chi connectivity index (χ1n) is 11.2. The summed E-state index contributed by atoms with van der Waals surface area (Å²) in [6, 6.07) is 0. The average molecular weight is 422 g/mol. The number of hydrogen-bond acceptors (Lipinski definition) is 7. The van der Waals surface area contributed by atoms with Gasteiger partial charge in [0.05, 0.1) is 36.4 Å². The highest BCUT2D eigenvalue weighted by atomic mass is 16.5. The minimum absolute atomic E-state index is 0.0403. The Kier molecular flexibility index (Phi) is 4.92. The maximum absolute atomic E-state index is 6.03. The fraction of sp³-hybridized carbons (Fsp3) is 0.609. The first kappa shape index (κ1) is 20.3. The number of hydrogen-bond donors (Lipinski definition) is 0. The summed E-state index contributed by atoms with van der Waals surface area (Å²) in [6.45, 7) is 10.8. The van der Waals surface area contributed by atoms with Crippen molar-refractivity contribution in [3.63, 3.8) is 0 Å². The van der Waals surface area contributed by atoms with Crippen molar-refractivity contribution in [2.45, 2.75) is 59.0 Å². The highest BCUT2D eigenvalue weighted by Crippen LogP contribution is 2.46. The van der Waals surface area contributed by atoms with E-state index in [0.29, 0.717) is 30.1 Å². The fourth-order valence-corrected chi connectivity index (χ4v) is 4.86. The first-order chi connectivity index (χ1) is 14.8. The van der Waals surface area contributed by atoms with Gasteiger partial charge >= 0.3 is 0 Å². The van der Waals surface area contributed by atoms with E-state index in [1.807, 2.05) is 38.0 Å². The van der Waals surface area contributed by atoms with E-state index >= 15 is 0 Å². The molecule has 3 aromatic rings. The molecule has 2 atom stereocenters. The number of aromatic nitrogens is 6. The Balaban J connectivity index is 1.55. The van der Waals surface area contributed by atoms with Gasteiger partial charge in [-0.05, 0) is 38.5 Å². The third-order valence-electron chi connectivity index (χ3n) is 6.76. The Morgan fingerprint density at radius 1 is 1.10 bits per heavy atom. The number of anilines is 1. The van der Waals surface area contributed by atoms with E-state index in [0.717, 1.165) is 53.5 Å². The Morgan fingerprint density at radius 2 is 1.90 bits per heavy atom. The second-order valence-corrected chi connectivity index (χ2v) is 9.83. The van der Waals surface area contributed by atoms with Crippen LogP contribution in [0.15, 0.2) is 12.4 Å². The molecule has 0 unspecified atom stereocenters. The second-order valence-electron chi connectivity index (χ2n) is 9.83. The zero-order valence-corrected chi connectivity index (χ0v) is 19.1. The van der Waals surface area contributed by atoms with Crippen molar-refractivity contribution in [3.05, 3.63) is 35.0 Å². The SMILES string of the molecule is Cc1nc2nc(N3CCO[C@@H](c4cnn(C)c4)C3)nc([C@H]3CCC(C)(C)C3)c2nc1C. The van der Waals surface area contributed by atoms with Crippen molar-refractivity contribution < 1.29 is 4.74 Å². The average Bonchev–Trinajstić information content (AvgIpc) is 3.33. The number of rotatable bonds is 3. The molecule has 5 rings (SSSR count). The van der Waals surface area contributed by atoms with Crippen LogP contribution in [0.2, 0.25) is 0 Å². The molecule has 1 aliphatic carbocycles. The van der Waals surface area contributed by atoms with Crippen LogP contribution in [-0.2, 0) is 11.8 Å². The Morgan fingerprint density at radius 3 is 2.61 bits per heavy atom. The van der Waals surface area contributed by atoms with Gasteiger partial charge in [0.15, 0.2) is 5.65 Å². The van der Waals surface area contributed by atoms with Gasteiger partial charge < -0.3 is 9.64 Å². The van der Waals surface area contributed by atoms with Crippen LogP contribution in [0.1, 0.15) is 67.8 Å². The minimum Gasteiger partial charge on any atom is -0.370 e. The van der Waals surface area contributed by atoms with E-state index in [4.69, 9.17) is 24.7 Å². The van der Waals surface area contributed by atoms with Crippen LogP contribution in [0.25, 0.3) is 11.2 Å². The van der Waals surface area contributed by atoms with Gasteiger partial charge in [-0.15, -0.1) is 0 Å². The third kappa shape index (κ3) is 3.89. The lowest BCUT2D eigenvalue weighted by Crippen LogP contribution is -2.39. The number of fused-ring (bicyclic) bond motifs is 1. The molecule has 0 bridgehead atoms. The molecule has 1 saturated carbocycles. The van der Waals surface area contributed by atoms with E-state index in [2.05, 4.69) is 23.8 Å². The summed E-state index contributed by atoms with van der Waals surface area (Å²) in [5.74, 6) is 1.13. The quantitative estimate of drug-likeness (QED) is 0.638. The van der Waals surface area contributed by atoms with Crippen molar-refractivity contribution in [1.82, 2.24) is 29.7 Å². The minimum atomic E-state index is -0.0403. The molecule has 8 heteroatoms. The molecule has 8 nitrogen and oxygen atoms in total.